The van der Waals surface area contributed by atoms with Crippen LogP contribution in [0.4, 0.5) is 0 Å². The van der Waals surface area contributed by atoms with Crippen LogP contribution in [0, 0.1) is 0 Å². The van der Waals surface area contributed by atoms with Gasteiger partial charge in [0.25, 0.3) is 0 Å². The largest absolute Gasteiger partial charge is 0.419 e. The van der Waals surface area contributed by atoms with E-state index in [1.54, 1.807) is 0 Å². The van der Waals surface area contributed by atoms with Crippen molar-refractivity contribution in [1.29, 1.82) is 0 Å². The van der Waals surface area contributed by atoms with Crippen LogP contribution in [0.3, 0.4) is 0 Å². The molecule has 0 bridgehead atoms. The summed E-state index contributed by atoms with van der Waals surface area (Å²) in [4.78, 5) is 0. The van der Waals surface area contributed by atoms with Gasteiger partial charge in [-0.2, -0.15) is 0 Å². The van der Waals surface area contributed by atoms with Crippen molar-refractivity contribution in [3.8, 4) is 11.5 Å². The lowest BCUT2D eigenvalue weighted by atomic mass is 9.87. The minimum atomic E-state index is 0.0307. The van der Waals surface area contributed by atoms with Gasteiger partial charge in [-0.25, -0.2) is 0 Å². The van der Waals surface area contributed by atoms with Crippen molar-refractivity contribution in [3.05, 3.63) is 35.7 Å². The van der Waals surface area contributed by atoms with Crippen molar-refractivity contribution < 1.29 is 4.42 Å². The zero-order valence-electron chi connectivity index (χ0n) is 13.8. The molecule has 0 saturated carbocycles. The van der Waals surface area contributed by atoms with Crippen LogP contribution in [0.5, 0.6) is 0 Å². The van der Waals surface area contributed by atoms with Crippen molar-refractivity contribution >= 4 is 0 Å². The lowest BCUT2D eigenvalue weighted by Crippen LogP contribution is -2.35. The zero-order valence-corrected chi connectivity index (χ0v) is 13.8. The number of nitrogens with zero attached hydrogens (tertiary/aromatic N) is 2. The molecular weight excluding hydrogens is 262 g/mol. The molecule has 1 heterocycles. The molecule has 1 aromatic heterocycles. The number of rotatable bonds is 3. The van der Waals surface area contributed by atoms with Gasteiger partial charge in [0.2, 0.25) is 11.8 Å². The number of nitrogens with one attached hydrogen (secondary N) is 1. The molecule has 0 fully saturated rings. The highest BCUT2D eigenvalue weighted by molar-refractivity contribution is 5.53. The predicted molar refractivity (Wildman–Crippen MR) is 85.0 cm³/mol. The third-order valence-electron chi connectivity index (χ3n) is 3.23. The number of hydrogen-bond donors (Lipinski definition) is 1. The first-order valence-corrected chi connectivity index (χ1v) is 7.33. The molecular formula is C17H25N3O. The topological polar surface area (TPSA) is 51.0 Å². The Kier molecular flexibility index (Phi) is 4.19. The third kappa shape index (κ3) is 4.39. The summed E-state index contributed by atoms with van der Waals surface area (Å²) >= 11 is 0. The minimum Gasteiger partial charge on any atom is -0.419 e. The summed E-state index contributed by atoms with van der Waals surface area (Å²) in [6.45, 7) is 13.5. The predicted octanol–water partition coefficient (Wildman–Crippen LogP) is 3.92. The van der Waals surface area contributed by atoms with Gasteiger partial charge in [0.15, 0.2) is 0 Å². The molecule has 1 aromatic carbocycles. The van der Waals surface area contributed by atoms with Crippen molar-refractivity contribution in [3.63, 3.8) is 0 Å². The van der Waals surface area contributed by atoms with Crippen molar-refractivity contribution in [1.82, 2.24) is 15.5 Å². The first kappa shape index (κ1) is 15.7. The van der Waals surface area contributed by atoms with Crippen LogP contribution >= 0.6 is 0 Å². The van der Waals surface area contributed by atoms with Crippen molar-refractivity contribution in [2.24, 2.45) is 0 Å². The molecule has 0 unspecified atom stereocenters. The Morgan fingerprint density at radius 2 is 1.57 bits per heavy atom. The van der Waals surface area contributed by atoms with E-state index in [1.807, 2.05) is 12.1 Å². The molecule has 0 aliphatic heterocycles. The maximum atomic E-state index is 5.71. The molecule has 4 heteroatoms. The van der Waals surface area contributed by atoms with Gasteiger partial charge < -0.3 is 9.73 Å². The molecule has 114 valence electrons. The highest BCUT2D eigenvalue weighted by atomic mass is 16.4. The quantitative estimate of drug-likeness (QED) is 0.929. The first-order valence-electron chi connectivity index (χ1n) is 7.33. The second-order valence-electron chi connectivity index (χ2n) is 7.43. The molecule has 0 aliphatic rings. The fourth-order valence-electron chi connectivity index (χ4n) is 1.90. The van der Waals surface area contributed by atoms with E-state index >= 15 is 0 Å². The lowest BCUT2D eigenvalue weighted by Gasteiger charge is -2.19. The van der Waals surface area contributed by atoms with E-state index < -0.39 is 0 Å². The van der Waals surface area contributed by atoms with Crippen LogP contribution in [0.25, 0.3) is 11.5 Å². The van der Waals surface area contributed by atoms with E-state index in [-0.39, 0.29) is 11.0 Å². The standard InChI is InChI=1S/C17H25N3O/c1-16(2,3)13-9-7-12(8-10-13)15-20-19-14(21-15)11-18-17(4,5)6/h7-10,18H,11H2,1-6H3. The van der Waals surface area contributed by atoms with Crippen molar-refractivity contribution in [2.75, 3.05) is 0 Å². The summed E-state index contributed by atoms with van der Waals surface area (Å²) in [7, 11) is 0. The van der Waals surface area contributed by atoms with E-state index in [4.69, 9.17) is 4.42 Å². The maximum absolute atomic E-state index is 5.71. The van der Waals surface area contributed by atoms with Crippen LogP contribution in [0.2, 0.25) is 0 Å². The molecule has 0 radical (unpaired) electrons. The number of hydrogen-bond acceptors (Lipinski definition) is 4. The van der Waals surface area contributed by atoms with Gasteiger partial charge in [0.05, 0.1) is 6.54 Å². The second kappa shape index (κ2) is 5.60. The summed E-state index contributed by atoms with van der Waals surface area (Å²) in [5.41, 5.74) is 2.43. The number of aromatic nitrogens is 2. The van der Waals surface area contributed by atoms with Gasteiger partial charge in [0, 0.05) is 11.1 Å². The average Bonchev–Trinajstić information content (AvgIpc) is 2.83. The van der Waals surface area contributed by atoms with E-state index in [0.29, 0.717) is 18.3 Å². The fraction of sp³-hybridized carbons (Fsp3) is 0.529. The Bertz CT molecular complexity index is 586. The van der Waals surface area contributed by atoms with Gasteiger partial charge >= 0.3 is 0 Å². The normalized spacial score (nSPS) is 12.7. The van der Waals surface area contributed by atoms with Gasteiger partial charge in [0.1, 0.15) is 0 Å². The molecule has 0 spiro atoms. The third-order valence-corrected chi connectivity index (χ3v) is 3.23. The average molecular weight is 287 g/mol. The monoisotopic (exact) mass is 287 g/mol. The second-order valence-corrected chi connectivity index (χ2v) is 7.43. The van der Waals surface area contributed by atoms with Gasteiger partial charge in [-0.1, -0.05) is 32.9 Å². The maximum Gasteiger partial charge on any atom is 0.247 e. The van der Waals surface area contributed by atoms with E-state index in [2.05, 4.69) is 69.2 Å². The molecule has 1 N–H and O–H groups in total. The fourth-order valence-corrected chi connectivity index (χ4v) is 1.90. The van der Waals surface area contributed by atoms with Crippen LogP contribution in [-0.2, 0) is 12.0 Å². The SMILES string of the molecule is CC(C)(C)NCc1nnc(-c2ccc(C(C)(C)C)cc2)o1. The molecule has 0 amide bonds. The molecule has 0 saturated heterocycles. The summed E-state index contributed by atoms with van der Waals surface area (Å²) < 4.78 is 5.71. The van der Waals surface area contributed by atoms with Crippen LogP contribution < -0.4 is 5.32 Å². The van der Waals surface area contributed by atoms with Gasteiger partial charge in [-0.3, -0.25) is 0 Å². The van der Waals surface area contributed by atoms with Gasteiger partial charge in [-0.15, -0.1) is 10.2 Å². The lowest BCUT2D eigenvalue weighted by molar-refractivity contribution is 0.383. The summed E-state index contributed by atoms with van der Waals surface area (Å²) in [6.07, 6.45) is 0. The Balaban J connectivity index is 2.11. The van der Waals surface area contributed by atoms with Crippen LogP contribution in [-0.4, -0.2) is 15.7 Å². The Morgan fingerprint density at radius 3 is 2.10 bits per heavy atom. The Morgan fingerprint density at radius 1 is 0.952 bits per heavy atom. The van der Waals surface area contributed by atoms with E-state index in [1.165, 1.54) is 5.56 Å². The first-order chi connectivity index (χ1) is 9.65. The Hall–Kier alpha value is -1.68. The zero-order chi connectivity index (χ0) is 15.7. The molecule has 21 heavy (non-hydrogen) atoms. The van der Waals surface area contributed by atoms with Crippen LogP contribution in [0.1, 0.15) is 53.0 Å². The Labute approximate surface area is 127 Å². The highest BCUT2D eigenvalue weighted by Gasteiger charge is 2.15. The minimum absolute atomic E-state index is 0.0307. The summed E-state index contributed by atoms with van der Waals surface area (Å²) in [6, 6.07) is 8.31. The van der Waals surface area contributed by atoms with Gasteiger partial charge in [-0.05, 0) is 43.9 Å². The molecule has 0 aliphatic carbocycles. The molecule has 0 atom stereocenters. The van der Waals surface area contributed by atoms with Crippen LogP contribution in [0.15, 0.2) is 28.7 Å². The molecule has 4 nitrogen and oxygen atoms in total. The van der Waals surface area contributed by atoms with E-state index in [9.17, 15) is 0 Å². The molecule has 2 aromatic rings. The van der Waals surface area contributed by atoms with Crippen molar-refractivity contribution in [2.45, 2.75) is 59.0 Å². The van der Waals surface area contributed by atoms with E-state index in [0.717, 1.165) is 5.56 Å². The molecule has 2 rings (SSSR count). The summed E-state index contributed by atoms with van der Waals surface area (Å²) in [5.74, 6) is 1.18. The highest BCUT2D eigenvalue weighted by Crippen LogP contribution is 2.25. The summed E-state index contributed by atoms with van der Waals surface area (Å²) in [5, 5.41) is 11.5. The smallest absolute Gasteiger partial charge is 0.247 e. The number of benzene rings is 1.